The summed E-state index contributed by atoms with van der Waals surface area (Å²) in [7, 11) is 0. The van der Waals surface area contributed by atoms with Gasteiger partial charge in [0.15, 0.2) is 0 Å². The number of anilines is 2. The fourth-order valence-electron chi connectivity index (χ4n) is 1.89. The molecule has 0 saturated carbocycles. The van der Waals surface area contributed by atoms with E-state index in [1.807, 2.05) is 6.07 Å². The minimum atomic E-state index is -0.610. The molecule has 2 aromatic carbocycles. The van der Waals surface area contributed by atoms with Gasteiger partial charge in [0.1, 0.15) is 12.1 Å². The van der Waals surface area contributed by atoms with Gasteiger partial charge in [0.25, 0.3) is 5.69 Å². The summed E-state index contributed by atoms with van der Waals surface area (Å²) in [5.41, 5.74) is -0.249. The predicted octanol–water partition coefficient (Wildman–Crippen LogP) is 6.46. The monoisotopic (exact) mass is 478 g/mol. The van der Waals surface area contributed by atoms with Gasteiger partial charge in [-0.15, -0.1) is 0 Å². The van der Waals surface area contributed by atoms with Gasteiger partial charge in [0.2, 0.25) is 0 Å². The summed E-state index contributed by atoms with van der Waals surface area (Å²) >= 11 is 27.4. The third-order valence-corrected chi connectivity index (χ3v) is 5.19. The highest BCUT2D eigenvalue weighted by Crippen LogP contribution is 2.44. The van der Waals surface area contributed by atoms with Crippen molar-refractivity contribution in [2.24, 2.45) is 0 Å². The third-order valence-electron chi connectivity index (χ3n) is 3.03. The molecule has 6 nitrogen and oxygen atoms in total. The van der Waals surface area contributed by atoms with Crippen LogP contribution in [0.1, 0.15) is 11.1 Å². The van der Waals surface area contributed by atoms with Crippen LogP contribution in [0, 0.1) is 32.8 Å². The molecule has 0 unspecified atom stereocenters. The molecule has 0 atom stereocenters. The number of hydrogen-bond acceptors (Lipinski definition) is 5. The highest BCUT2D eigenvalue weighted by molar-refractivity contribution is 9.10. The molecule has 0 aliphatic rings. The third kappa shape index (κ3) is 3.62. The second-order valence-electron chi connectivity index (χ2n) is 4.46. The first-order valence-corrected chi connectivity index (χ1v) is 8.44. The van der Waals surface area contributed by atoms with Gasteiger partial charge in [0.05, 0.1) is 47.5 Å². The van der Waals surface area contributed by atoms with Crippen LogP contribution in [-0.2, 0) is 0 Å². The molecular weight excluding hydrogens is 478 g/mol. The Morgan fingerprint density at radius 3 is 2.04 bits per heavy atom. The minimum absolute atomic E-state index is 0.00608. The number of hydrogen-bond donors (Lipinski definition) is 1. The summed E-state index contributed by atoms with van der Waals surface area (Å²) < 4.78 is 0.247. The lowest BCUT2D eigenvalue weighted by Crippen LogP contribution is -2.01. The SMILES string of the molecule is N#Cc1c(Cl)c(Cl)c(C#N)c(Nc2c(Cl)cc([N+](=O)[O-])cc2Br)c1Cl. The Morgan fingerprint density at radius 2 is 1.56 bits per heavy atom. The maximum atomic E-state index is 10.9. The van der Waals surface area contributed by atoms with Crippen LogP contribution in [-0.4, -0.2) is 4.92 Å². The highest BCUT2D eigenvalue weighted by Gasteiger charge is 2.23. The molecular formula is C14H3BrCl4N4O2. The predicted molar refractivity (Wildman–Crippen MR) is 100.0 cm³/mol. The summed E-state index contributed by atoms with van der Waals surface area (Å²) in [6.07, 6.45) is 0. The summed E-state index contributed by atoms with van der Waals surface area (Å²) in [6, 6.07) is 5.99. The number of nitrogens with one attached hydrogen (secondary N) is 1. The van der Waals surface area contributed by atoms with E-state index < -0.39 is 4.92 Å². The average molecular weight is 481 g/mol. The molecule has 2 aromatic rings. The van der Waals surface area contributed by atoms with Crippen LogP contribution in [0.15, 0.2) is 16.6 Å². The van der Waals surface area contributed by atoms with E-state index in [0.717, 1.165) is 6.07 Å². The van der Waals surface area contributed by atoms with Gasteiger partial charge in [0, 0.05) is 16.6 Å². The van der Waals surface area contributed by atoms with Crippen molar-refractivity contribution in [3.63, 3.8) is 0 Å². The Balaban J connectivity index is 2.71. The van der Waals surface area contributed by atoms with Gasteiger partial charge in [-0.1, -0.05) is 46.4 Å². The number of nitro benzene ring substituents is 1. The Bertz CT molecular complexity index is 975. The zero-order valence-corrected chi connectivity index (χ0v) is 16.3. The first kappa shape index (κ1) is 19.6. The molecule has 0 bridgehead atoms. The van der Waals surface area contributed by atoms with E-state index in [2.05, 4.69) is 21.2 Å². The number of benzene rings is 2. The van der Waals surface area contributed by atoms with Crippen LogP contribution < -0.4 is 5.32 Å². The van der Waals surface area contributed by atoms with Gasteiger partial charge in [-0.05, 0) is 15.9 Å². The second kappa shape index (κ2) is 7.65. The van der Waals surface area contributed by atoms with E-state index >= 15 is 0 Å². The maximum absolute atomic E-state index is 10.9. The Morgan fingerprint density at radius 1 is 1.00 bits per heavy atom. The smallest absolute Gasteiger partial charge is 0.272 e. The molecule has 0 heterocycles. The Labute approximate surface area is 169 Å². The van der Waals surface area contributed by atoms with Crippen molar-refractivity contribution in [1.29, 1.82) is 10.5 Å². The molecule has 2 rings (SSSR count). The van der Waals surface area contributed by atoms with E-state index in [1.54, 1.807) is 6.07 Å². The van der Waals surface area contributed by atoms with Crippen LogP contribution in [0.5, 0.6) is 0 Å². The fraction of sp³-hybridized carbons (Fsp3) is 0. The van der Waals surface area contributed by atoms with E-state index in [0.29, 0.717) is 0 Å². The summed E-state index contributed by atoms with van der Waals surface area (Å²) in [6.45, 7) is 0. The van der Waals surface area contributed by atoms with E-state index in [4.69, 9.17) is 46.4 Å². The molecule has 0 aliphatic heterocycles. The Hall–Kier alpha value is -1.74. The molecule has 1 N–H and O–H groups in total. The molecule has 0 amide bonds. The van der Waals surface area contributed by atoms with Crippen molar-refractivity contribution in [2.45, 2.75) is 0 Å². The topological polar surface area (TPSA) is 103 Å². The summed E-state index contributed by atoms with van der Waals surface area (Å²) in [5.74, 6) is 0. The number of halogens is 5. The average Bonchev–Trinajstić information content (AvgIpc) is 2.55. The number of nitrogens with zero attached hydrogens (tertiary/aromatic N) is 3. The molecule has 0 spiro atoms. The van der Waals surface area contributed by atoms with E-state index in [-0.39, 0.29) is 52.8 Å². The lowest BCUT2D eigenvalue weighted by Gasteiger charge is -2.16. The molecule has 25 heavy (non-hydrogen) atoms. The molecule has 126 valence electrons. The highest BCUT2D eigenvalue weighted by atomic mass is 79.9. The van der Waals surface area contributed by atoms with Crippen LogP contribution in [0.25, 0.3) is 0 Å². The zero-order chi connectivity index (χ0) is 18.9. The molecule has 0 aromatic heterocycles. The maximum Gasteiger partial charge on any atom is 0.272 e. The lowest BCUT2D eigenvalue weighted by molar-refractivity contribution is -0.384. The number of rotatable bonds is 3. The molecule has 0 saturated heterocycles. The van der Waals surface area contributed by atoms with Crippen molar-refractivity contribution in [1.82, 2.24) is 0 Å². The van der Waals surface area contributed by atoms with Gasteiger partial charge < -0.3 is 5.32 Å². The Kier molecular flexibility index (Phi) is 5.99. The molecule has 0 radical (unpaired) electrons. The lowest BCUT2D eigenvalue weighted by atomic mass is 10.1. The second-order valence-corrected chi connectivity index (χ2v) is 6.85. The van der Waals surface area contributed by atoms with Crippen molar-refractivity contribution in [3.8, 4) is 12.1 Å². The first-order valence-electron chi connectivity index (χ1n) is 6.14. The summed E-state index contributed by atoms with van der Waals surface area (Å²) in [5, 5.41) is 31.7. The van der Waals surface area contributed by atoms with Crippen molar-refractivity contribution < 1.29 is 4.92 Å². The summed E-state index contributed by atoms with van der Waals surface area (Å²) in [4.78, 5) is 10.3. The van der Waals surface area contributed by atoms with Crippen LogP contribution >= 0.6 is 62.3 Å². The number of nitro groups is 1. The molecule has 11 heteroatoms. The number of non-ortho nitro benzene ring substituents is 1. The van der Waals surface area contributed by atoms with Gasteiger partial charge in [-0.2, -0.15) is 10.5 Å². The van der Waals surface area contributed by atoms with Crippen LogP contribution in [0.4, 0.5) is 17.1 Å². The molecule has 0 aliphatic carbocycles. The molecule has 0 fully saturated rings. The fourth-order valence-corrected chi connectivity index (χ4v) is 3.60. The van der Waals surface area contributed by atoms with Crippen LogP contribution in [0.2, 0.25) is 20.1 Å². The van der Waals surface area contributed by atoms with E-state index in [1.165, 1.54) is 6.07 Å². The van der Waals surface area contributed by atoms with Gasteiger partial charge >= 0.3 is 0 Å². The zero-order valence-electron chi connectivity index (χ0n) is 11.7. The first-order chi connectivity index (χ1) is 11.7. The normalized spacial score (nSPS) is 10.0. The van der Waals surface area contributed by atoms with Crippen molar-refractivity contribution in [3.05, 3.63) is 57.9 Å². The quantitative estimate of drug-likeness (QED) is 0.308. The van der Waals surface area contributed by atoms with Crippen molar-refractivity contribution >= 4 is 79.4 Å². The minimum Gasteiger partial charge on any atom is -0.351 e. The van der Waals surface area contributed by atoms with E-state index in [9.17, 15) is 20.6 Å². The number of nitriles is 2. The largest absolute Gasteiger partial charge is 0.351 e. The van der Waals surface area contributed by atoms with Crippen molar-refractivity contribution in [2.75, 3.05) is 5.32 Å². The van der Waals surface area contributed by atoms with Gasteiger partial charge in [-0.3, -0.25) is 10.1 Å². The standard InChI is InChI=1S/C14H3BrCl4N4O2/c15-8-1-5(23(24)25)2-9(16)14(8)22-13-7(4-21)11(18)10(17)6(3-20)12(13)19/h1-2,22H. The van der Waals surface area contributed by atoms with Crippen LogP contribution in [0.3, 0.4) is 0 Å². The van der Waals surface area contributed by atoms with Gasteiger partial charge in [-0.25, -0.2) is 0 Å².